The van der Waals surface area contributed by atoms with E-state index in [1.54, 1.807) is 0 Å². The van der Waals surface area contributed by atoms with E-state index in [0.29, 0.717) is 0 Å². The predicted octanol–water partition coefficient (Wildman–Crippen LogP) is 3.82. The molecule has 0 amide bonds. The summed E-state index contributed by atoms with van der Waals surface area (Å²) < 4.78 is 10.4. The van der Waals surface area contributed by atoms with Crippen LogP contribution in [0.1, 0.15) is 27.7 Å². The maximum atomic E-state index is 5.88. The van der Waals surface area contributed by atoms with Crippen molar-refractivity contribution in [1.82, 2.24) is 0 Å². The van der Waals surface area contributed by atoms with E-state index in [-0.39, 0.29) is 12.2 Å². The number of rotatable bonds is 4. The topological polar surface area (TPSA) is 18.5 Å². The van der Waals surface area contributed by atoms with E-state index in [4.69, 9.17) is 34.1 Å². The van der Waals surface area contributed by atoms with E-state index in [1.165, 1.54) is 0 Å². The first kappa shape index (κ1) is 13.5. The molecule has 0 rings (SSSR count). The first-order chi connectivity index (χ1) is 5.10. The van der Waals surface area contributed by atoms with Gasteiger partial charge in [0, 0.05) is 0 Å². The van der Waals surface area contributed by atoms with Gasteiger partial charge in [0.15, 0.2) is 0 Å². The molecule has 0 N–H and O–H groups in total. The molecule has 0 aliphatic heterocycles. The Hall–Kier alpha value is 1.53. The molecule has 0 atom stereocenters. The van der Waals surface area contributed by atoms with Crippen molar-refractivity contribution in [3.63, 3.8) is 0 Å². The summed E-state index contributed by atoms with van der Waals surface area (Å²) in [6.45, 7) is 7.24. The fraction of sp³-hybridized carbons (Fsp3) is 1.00. The summed E-state index contributed by atoms with van der Waals surface area (Å²) in [6, 6.07) is 0. The molecule has 0 spiro atoms. The second kappa shape index (κ2) is 4.37. The molecule has 6 heteroatoms. The molecular weight excluding hydrogens is 391 g/mol. The van der Waals surface area contributed by atoms with Crippen LogP contribution in [-0.4, -0.2) is 12.2 Å². The summed E-state index contributed by atoms with van der Waals surface area (Å²) in [5, 5.41) is 0. The molecule has 2 nitrogen and oxygen atoms in total. The molecule has 0 saturated carbocycles. The molecule has 0 heterocycles. The van der Waals surface area contributed by atoms with Gasteiger partial charge in [-0.15, -0.1) is 0 Å². The van der Waals surface area contributed by atoms with E-state index in [2.05, 4.69) is 0 Å². The molecule has 0 unspecified atom stereocenters. The summed E-state index contributed by atoms with van der Waals surface area (Å²) in [4.78, 5) is 0. The van der Waals surface area contributed by atoms with Crippen molar-refractivity contribution in [2.45, 2.75) is 39.9 Å². The van der Waals surface area contributed by atoms with E-state index in [1.807, 2.05) is 27.7 Å². The van der Waals surface area contributed by atoms with Gasteiger partial charge in [-0.2, -0.15) is 0 Å². The van der Waals surface area contributed by atoms with Crippen LogP contribution in [0.4, 0.5) is 0 Å². The molecule has 0 radical (unpaired) electrons. The van der Waals surface area contributed by atoms with Crippen LogP contribution in [0.2, 0.25) is 0 Å². The van der Waals surface area contributed by atoms with Crippen LogP contribution in [0.15, 0.2) is 0 Å². The third-order valence-corrected chi connectivity index (χ3v) is 10.0. The first-order valence-corrected chi connectivity index (χ1v) is 18.2. The first-order valence-electron chi connectivity index (χ1n) is 3.65. The SMILES string of the molecule is CC(C)[O][Ta]([Cl])([Cl])([Cl])[O]C(C)C. The average molecular weight is 405 g/mol. The third kappa shape index (κ3) is 6.98. The van der Waals surface area contributed by atoms with Crippen molar-refractivity contribution in [3.05, 3.63) is 0 Å². The molecule has 76 valence electrons. The summed E-state index contributed by atoms with van der Waals surface area (Å²) in [5.74, 6) is 0. The van der Waals surface area contributed by atoms with Crippen LogP contribution in [0.5, 0.6) is 0 Å². The van der Waals surface area contributed by atoms with Crippen LogP contribution < -0.4 is 0 Å². The Labute approximate surface area is 86.9 Å². The minimum absolute atomic E-state index is 0.121. The molecule has 0 aromatic rings. The van der Waals surface area contributed by atoms with Gasteiger partial charge in [-0.05, 0) is 0 Å². The van der Waals surface area contributed by atoms with Gasteiger partial charge in [0.1, 0.15) is 0 Å². The molecule has 0 saturated heterocycles. The minimum atomic E-state index is -4.78. The fourth-order valence-electron chi connectivity index (χ4n) is 0.675. The molecule has 0 aromatic carbocycles. The predicted molar refractivity (Wildman–Crippen MR) is 50.0 cm³/mol. The van der Waals surface area contributed by atoms with Crippen LogP contribution in [0.3, 0.4) is 0 Å². The average Bonchev–Trinajstić information content (AvgIpc) is 1.49. The van der Waals surface area contributed by atoms with Crippen molar-refractivity contribution in [3.8, 4) is 0 Å². The van der Waals surface area contributed by atoms with Crippen molar-refractivity contribution in [2.75, 3.05) is 0 Å². The number of hydrogen-bond donors (Lipinski definition) is 0. The van der Waals surface area contributed by atoms with Gasteiger partial charge in [0.25, 0.3) is 0 Å². The van der Waals surface area contributed by atoms with Crippen molar-refractivity contribution >= 4 is 27.6 Å². The van der Waals surface area contributed by atoms with Gasteiger partial charge in [-0.3, -0.25) is 0 Å². The third-order valence-electron chi connectivity index (χ3n) is 0.747. The molecule has 0 aromatic heterocycles. The summed E-state index contributed by atoms with van der Waals surface area (Å²) >= 11 is -4.78. The van der Waals surface area contributed by atoms with E-state index >= 15 is 0 Å². The molecular formula is C6H14Cl3O2Ta. The van der Waals surface area contributed by atoms with Crippen LogP contribution in [0, 0.1) is 0 Å². The van der Waals surface area contributed by atoms with Gasteiger partial charge in [-0.1, -0.05) is 0 Å². The van der Waals surface area contributed by atoms with Crippen LogP contribution in [0.25, 0.3) is 0 Å². The summed E-state index contributed by atoms with van der Waals surface area (Å²) in [6.07, 6.45) is -0.243. The summed E-state index contributed by atoms with van der Waals surface area (Å²) in [7, 11) is 17.6. The Morgan fingerprint density at radius 2 is 1.08 bits per heavy atom. The normalized spacial score (nSPS) is 16.6. The number of halogens is 3. The van der Waals surface area contributed by atoms with Gasteiger partial charge < -0.3 is 0 Å². The quantitative estimate of drug-likeness (QED) is 0.708. The molecule has 0 bridgehead atoms. The van der Waals surface area contributed by atoms with E-state index < -0.39 is 13.4 Å². The molecule has 0 aliphatic rings. The molecule has 12 heavy (non-hydrogen) atoms. The molecule has 0 fully saturated rings. The van der Waals surface area contributed by atoms with Crippen LogP contribution in [-0.2, 0) is 19.9 Å². The zero-order chi connectivity index (χ0) is 10.0. The second-order valence-corrected chi connectivity index (χ2v) is 28.7. The zero-order valence-electron chi connectivity index (χ0n) is 7.55. The standard InChI is InChI=1S/2C3H7O.3ClH.Ta/c2*1-3(2)4;;;;/h2*3H,1-2H3;3*1H;/q2*-1;;;;+5/p-3. The van der Waals surface area contributed by atoms with E-state index in [0.717, 1.165) is 0 Å². The fourth-order valence-corrected chi connectivity index (χ4v) is 13.4. The van der Waals surface area contributed by atoms with Crippen molar-refractivity contribution < 1.29 is 19.9 Å². The summed E-state index contributed by atoms with van der Waals surface area (Å²) in [5.41, 5.74) is 0. The Bertz CT molecular complexity index is 139. The maximum absolute atomic E-state index is 5.88. The Morgan fingerprint density at radius 1 is 0.833 bits per heavy atom. The Morgan fingerprint density at radius 3 is 1.25 bits per heavy atom. The van der Waals surface area contributed by atoms with Gasteiger partial charge in [-0.25, -0.2) is 0 Å². The zero-order valence-corrected chi connectivity index (χ0v) is 13.0. The Balaban J connectivity index is 4.28. The van der Waals surface area contributed by atoms with Gasteiger partial charge in [0.2, 0.25) is 0 Å². The van der Waals surface area contributed by atoms with Gasteiger partial charge in [0.05, 0.1) is 0 Å². The van der Waals surface area contributed by atoms with E-state index in [9.17, 15) is 0 Å². The molecule has 0 aliphatic carbocycles. The van der Waals surface area contributed by atoms with Crippen LogP contribution >= 0.6 is 27.6 Å². The number of hydrogen-bond acceptors (Lipinski definition) is 2. The second-order valence-electron chi connectivity index (χ2n) is 2.99. The van der Waals surface area contributed by atoms with Gasteiger partial charge >= 0.3 is 87.3 Å². The van der Waals surface area contributed by atoms with Crippen molar-refractivity contribution in [1.29, 1.82) is 0 Å². The van der Waals surface area contributed by atoms with Crippen molar-refractivity contribution in [2.24, 2.45) is 0 Å². The Kier molecular flexibility index (Phi) is 4.92. The monoisotopic (exact) mass is 404 g/mol.